The molecule has 8 aromatic carbocycles. The summed E-state index contributed by atoms with van der Waals surface area (Å²) in [5, 5.41) is 6.37. The zero-order chi connectivity index (χ0) is 40.5. The lowest BCUT2D eigenvalue weighted by molar-refractivity contribution is 0.764. The molecule has 0 saturated heterocycles. The molecule has 4 heteroatoms. The Labute approximate surface area is 355 Å². The Hall–Kier alpha value is -8.08. The highest BCUT2D eigenvalue weighted by molar-refractivity contribution is 6.09. The fraction of sp³-hybridized carbons (Fsp3) is 0.0175. The van der Waals surface area contributed by atoms with E-state index in [1.807, 2.05) is 36.4 Å². The maximum atomic E-state index is 5.03. The largest absolute Gasteiger partial charge is 0.374 e. The van der Waals surface area contributed by atoms with Gasteiger partial charge >= 0.3 is 0 Å². The summed E-state index contributed by atoms with van der Waals surface area (Å²) in [7, 11) is 0. The molecule has 1 N–H and O–H groups in total. The van der Waals surface area contributed by atoms with Crippen LogP contribution >= 0.6 is 0 Å². The van der Waals surface area contributed by atoms with E-state index < -0.39 is 0 Å². The van der Waals surface area contributed by atoms with Gasteiger partial charge in [0.05, 0.1) is 28.5 Å². The molecule has 61 heavy (non-hydrogen) atoms. The predicted octanol–water partition coefficient (Wildman–Crippen LogP) is 14.2. The smallest absolute Gasteiger partial charge is 0.160 e. The van der Waals surface area contributed by atoms with Crippen LogP contribution in [0.5, 0.6) is 0 Å². The molecule has 11 rings (SSSR count). The second-order valence-electron chi connectivity index (χ2n) is 15.5. The molecule has 1 aliphatic heterocycles. The normalized spacial score (nSPS) is 13.6. The summed E-state index contributed by atoms with van der Waals surface area (Å²) < 4.78 is 2.36. The highest BCUT2D eigenvalue weighted by atomic mass is 15.0. The summed E-state index contributed by atoms with van der Waals surface area (Å²) in [5.41, 5.74) is 16.6. The van der Waals surface area contributed by atoms with Crippen molar-refractivity contribution in [1.82, 2.24) is 19.9 Å². The van der Waals surface area contributed by atoms with E-state index in [2.05, 4.69) is 204 Å². The number of hydrogen-bond acceptors (Lipinski definition) is 3. The minimum atomic E-state index is 0.0298. The fourth-order valence-electron chi connectivity index (χ4n) is 8.58. The quantitative estimate of drug-likeness (QED) is 0.167. The van der Waals surface area contributed by atoms with E-state index in [0.717, 1.165) is 50.6 Å². The first-order chi connectivity index (χ1) is 30.2. The third kappa shape index (κ3) is 7.00. The van der Waals surface area contributed by atoms with Crippen molar-refractivity contribution < 1.29 is 0 Å². The van der Waals surface area contributed by atoms with Gasteiger partial charge in [-0.3, -0.25) is 0 Å². The van der Waals surface area contributed by atoms with Gasteiger partial charge in [-0.1, -0.05) is 182 Å². The van der Waals surface area contributed by atoms with Crippen LogP contribution in [-0.2, 0) is 0 Å². The lowest BCUT2D eigenvalue weighted by Crippen LogP contribution is -2.20. The molecule has 0 amide bonds. The predicted molar refractivity (Wildman–Crippen MR) is 253 cm³/mol. The van der Waals surface area contributed by atoms with Gasteiger partial charge in [0.1, 0.15) is 0 Å². The van der Waals surface area contributed by atoms with E-state index in [9.17, 15) is 0 Å². The summed E-state index contributed by atoms with van der Waals surface area (Å²) in [6.07, 6.45) is 6.57. The van der Waals surface area contributed by atoms with Crippen molar-refractivity contribution in [1.29, 1.82) is 0 Å². The second-order valence-corrected chi connectivity index (χ2v) is 15.5. The molecule has 0 fully saturated rings. The Morgan fingerprint density at radius 3 is 1.57 bits per heavy atom. The Balaban J connectivity index is 0.827. The number of rotatable bonds is 8. The first-order valence-corrected chi connectivity index (χ1v) is 20.8. The molecular formula is C57H40N4. The molecule has 0 aliphatic carbocycles. The molecule has 0 radical (unpaired) electrons. The van der Waals surface area contributed by atoms with Crippen molar-refractivity contribution in [3.63, 3.8) is 0 Å². The number of nitrogens with zero attached hydrogens (tertiary/aromatic N) is 3. The average molecular weight is 781 g/mol. The Bertz CT molecular complexity index is 3140. The van der Waals surface area contributed by atoms with Gasteiger partial charge in [-0.2, -0.15) is 0 Å². The van der Waals surface area contributed by atoms with Crippen molar-refractivity contribution in [2.45, 2.75) is 6.04 Å². The van der Waals surface area contributed by atoms with E-state index in [1.54, 1.807) is 0 Å². The number of aromatic nitrogens is 3. The maximum Gasteiger partial charge on any atom is 0.160 e. The van der Waals surface area contributed by atoms with Gasteiger partial charge in [-0.15, -0.1) is 0 Å². The van der Waals surface area contributed by atoms with Gasteiger partial charge in [0, 0.05) is 38.8 Å². The molecule has 10 aromatic rings. The molecule has 1 unspecified atom stereocenters. The summed E-state index contributed by atoms with van der Waals surface area (Å²) >= 11 is 0. The number of dihydropyridines is 1. The van der Waals surface area contributed by atoms with Gasteiger partial charge in [-0.05, 0) is 81.9 Å². The molecule has 0 saturated carbocycles. The molecule has 0 spiro atoms. The lowest BCUT2D eigenvalue weighted by Gasteiger charge is -2.23. The van der Waals surface area contributed by atoms with Gasteiger partial charge in [0.25, 0.3) is 0 Å². The first kappa shape index (κ1) is 36.0. The van der Waals surface area contributed by atoms with E-state index in [-0.39, 0.29) is 6.04 Å². The number of fused-ring (bicyclic) bond motifs is 3. The number of benzene rings is 8. The Kier molecular flexibility index (Phi) is 9.21. The van der Waals surface area contributed by atoms with Crippen molar-refractivity contribution in [2.75, 3.05) is 0 Å². The van der Waals surface area contributed by atoms with Crippen molar-refractivity contribution >= 4 is 27.5 Å². The van der Waals surface area contributed by atoms with E-state index in [0.29, 0.717) is 5.82 Å². The summed E-state index contributed by atoms with van der Waals surface area (Å²) in [5.74, 6) is 0.715. The number of para-hydroxylation sites is 2. The van der Waals surface area contributed by atoms with E-state index in [4.69, 9.17) is 9.97 Å². The first-order valence-electron chi connectivity index (χ1n) is 20.8. The molecule has 0 bridgehead atoms. The number of hydrogen-bond donors (Lipinski definition) is 1. The summed E-state index contributed by atoms with van der Waals surface area (Å²) in [6.45, 7) is 0. The summed E-state index contributed by atoms with van der Waals surface area (Å²) in [6, 6.07) is 75.2. The van der Waals surface area contributed by atoms with Gasteiger partial charge < -0.3 is 9.88 Å². The van der Waals surface area contributed by atoms with Crippen LogP contribution in [0, 0.1) is 0 Å². The van der Waals surface area contributed by atoms with Crippen molar-refractivity contribution in [3.05, 3.63) is 242 Å². The number of allylic oxidation sites excluding steroid dienone is 2. The Morgan fingerprint density at radius 2 is 0.902 bits per heavy atom. The average Bonchev–Trinajstić information content (AvgIpc) is 3.69. The van der Waals surface area contributed by atoms with Crippen LogP contribution in [0.2, 0.25) is 0 Å². The monoisotopic (exact) mass is 780 g/mol. The van der Waals surface area contributed by atoms with Crippen LogP contribution in [-0.4, -0.2) is 14.5 Å². The molecule has 2 aromatic heterocycles. The molecule has 1 aliphatic rings. The minimum Gasteiger partial charge on any atom is -0.374 e. The van der Waals surface area contributed by atoms with Crippen LogP contribution in [0.4, 0.5) is 0 Å². The summed E-state index contributed by atoms with van der Waals surface area (Å²) in [4.78, 5) is 9.99. The standard InChI is InChI=1S/C57H40N4/c1-3-14-41(15-4-1)53-38-54(60-57(59-53)43-16-5-2-6-17-43)42-30-28-39(29-31-42)44-18-11-20-46(36-44)51-24-13-25-52(58-51)47-21-12-19-45(37-47)40-32-34-48(35-33-40)61-55-26-9-7-22-49(55)50-23-8-10-27-56(50)61/h1-38,51,58H. The van der Waals surface area contributed by atoms with Gasteiger partial charge in [0.15, 0.2) is 5.82 Å². The molecule has 1 atom stereocenters. The zero-order valence-electron chi connectivity index (χ0n) is 33.4. The van der Waals surface area contributed by atoms with Crippen LogP contribution in [0.3, 0.4) is 0 Å². The maximum absolute atomic E-state index is 5.03. The fourth-order valence-corrected chi connectivity index (χ4v) is 8.58. The molecule has 288 valence electrons. The third-order valence-corrected chi connectivity index (χ3v) is 11.7. The van der Waals surface area contributed by atoms with Gasteiger partial charge in [0.2, 0.25) is 0 Å². The highest BCUT2D eigenvalue weighted by Gasteiger charge is 2.17. The SMILES string of the molecule is C1=CC(c2cccc(-c3ccc(-c4cc(-c5ccccc5)nc(-c5ccccc5)n4)cc3)c2)NC(c2cccc(-c3ccc(-n4c5ccccc5c5ccccc54)cc3)c2)=C1. The van der Waals surface area contributed by atoms with Crippen LogP contribution in [0.1, 0.15) is 17.2 Å². The molecule has 3 heterocycles. The lowest BCUT2D eigenvalue weighted by atomic mass is 9.95. The highest BCUT2D eigenvalue weighted by Crippen LogP contribution is 2.35. The topological polar surface area (TPSA) is 42.7 Å². The third-order valence-electron chi connectivity index (χ3n) is 11.7. The van der Waals surface area contributed by atoms with Crippen LogP contribution < -0.4 is 5.32 Å². The second kappa shape index (κ2) is 15.6. The zero-order valence-corrected chi connectivity index (χ0v) is 33.4. The molecule has 4 nitrogen and oxygen atoms in total. The number of nitrogens with one attached hydrogen (secondary N) is 1. The molecular weight excluding hydrogens is 741 g/mol. The van der Waals surface area contributed by atoms with Crippen molar-refractivity contribution in [3.8, 4) is 61.8 Å². The van der Waals surface area contributed by atoms with Crippen LogP contribution in [0.25, 0.3) is 89.3 Å². The van der Waals surface area contributed by atoms with E-state index in [1.165, 1.54) is 44.1 Å². The minimum absolute atomic E-state index is 0.0298. The van der Waals surface area contributed by atoms with Gasteiger partial charge in [-0.25, -0.2) is 9.97 Å². The van der Waals surface area contributed by atoms with E-state index >= 15 is 0 Å². The van der Waals surface area contributed by atoms with Crippen LogP contribution in [0.15, 0.2) is 231 Å². The Morgan fingerprint density at radius 1 is 0.393 bits per heavy atom. The van der Waals surface area contributed by atoms with Crippen molar-refractivity contribution in [2.24, 2.45) is 0 Å².